The third kappa shape index (κ3) is 3.95. The van der Waals surface area contributed by atoms with Crippen LogP contribution in [0.25, 0.3) is 0 Å². The van der Waals surface area contributed by atoms with Crippen LogP contribution in [0.15, 0.2) is 30.6 Å². The van der Waals surface area contributed by atoms with Crippen molar-refractivity contribution in [1.82, 2.24) is 9.97 Å². The van der Waals surface area contributed by atoms with Gasteiger partial charge in [0.25, 0.3) is 0 Å². The van der Waals surface area contributed by atoms with E-state index in [1.54, 1.807) is 0 Å². The highest BCUT2D eigenvalue weighted by molar-refractivity contribution is 6.31. The summed E-state index contributed by atoms with van der Waals surface area (Å²) in [6.45, 7) is 0. The molecule has 1 heterocycles. The molecule has 7 nitrogen and oxygen atoms in total. The largest absolute Gasteiger partial charge is 0.573 e. The number of hydrogen-bond acceptors (Lipinski definition) is 6. The van der Waals surface area contributed by atoms with Crippen molar-refractivity contribution >= 4 is 28.8 Å². The SMILES string of the molecule is O=[N+]([O-])c1c(Cl)ncnc1Nc1ccc(OC(F)(F)F)cc1. The molecule has 0 spiro atoms. The van der Waals surface area contributed by atoms with Crippen LogP contribution in [0.3, 0.4) is 0 Å². The zero-order valence-corrected chi connectivity index (χ0v) is 11.2. The Morgan fingerprint density at radius 3 is 2.41 bits per heavy atom. The van der Waals surface area contributed by atoms with Gasteiger partial charge in [-0.15, -0.1) is 13.2 Å². The number of anilines is 2. The van der Waals surface area contributed by atoms with Crippen LogP contribution in [0.4, 0.5) is 30.4 Å². The van der Waals surface area contributed by atoms with E-state index in [2.05, 4.69) is 20.0 Å². The van der Waals surface area contributed by atoms with E-state index in [9.17, 15) is 23.3 Å². The second-order valence-electron chi connectivity index (χ2n) is 3.82. The molecule has 2 aromatic rings. The number of nitrogens with one attached hydrogen (secondary N) is 1. The monoisotopic (exact) mass is 334 g/mol. The molecule has 0 aliphatic carbocycles. The van der Waals surface area contributed by atoms with Gasteiger partial charge in [-0.2, -0.15) is 0 Å². The van der Waals surface area contributed by atoms with Crippen molar-refractivity contribution in [2.24, 2.45) is 0 Å². The number of rotatable bonds is 4. The van der Waals surface area contributed by atoms with Crippen LogP contribution in [0.1, 0.15) is 0 Å². The highest BCUT2D eigenvalue weighted by Gasteiger charge is 2.31. The molecule has 0 radical (unpaired) electrons. The third-order valence-corrected chi connectivity index (χ3v) is 2.59. The maximum absolute atomic E-state index is 12.0. The van der Waals surface area contributed by atoms with Crippen molar-refractivity contribution in [3.63, 3.8) is 0 Å². The first-order valence-electron chi connectivity index (χ1n) is 5.54. The summed E-state index contributed by atoms with van der Waals surface area (Å²) in [6.07, 6.45) is -3.79. The standard InChI is InChI=1S/C11H6ClF3N4O3/c12-9-8(19(20)21)10(17-5-16-9)18-6-1-3-7(4-2-6)22-11(13,14)15/h1-5H,(H,16,17,18). The van der Waals surface area contributed by atoms with Crippen molar-refractivity contribution in [2.75, 3.05) is 5.32 Å². The van der Waals surface area contributed by atoms with E-state index in [0.717, 1.165) is 18.5 Å². The van der Waals surface area contributed by atoms with Crippen molar-refractivity contribution in [3.05, 3.63) is 45.9 Å². The number of alkyl halides is 3. The lowest BCUT2D eigenvalue weighted by atomic mass is 10.3. The van der Waals surface area contributed by atoms with Gasteiger partial charge in [0, 0.05) is 5.69 Å². The summed E-state index contributed by atoms with van der Waals surface area (Å²) >= 11 is 5.61. The molecule has 1 aromatic carbocycles. The summed E-state index contributed by atoms with van der Waals surface area (Å²) in [5.41, 5.74) is -0.285. The quantitative estimate of drug-likeness (QED) is 0.521. The Kier molecular flexibility index (Phi) is 4.31. The summed E-state index contributed by atoms with van der Waals surface area (Å²) in [7, 11) is 0. The number of ether oxygens (including phenoxy) is 1. The van der Waals surface area contributed by atoms with Gasteiger partial charge in [-0.25, -0.2) is 9.97 Å². The molecule has 0 saturated carbocycles. The van der Waals surface area contributed by atoms with Crippen LogP contribution in [-0.4, -0.2) is 21.3 Å². The molecule has 22 heavy (non-hydrogen) atoms. The lowest BCUT2D eigenvalue weighted by Crippen LogP contribution is -2.17. The van der Waals surface area contributed by atoms with E-state index in [4.69, 9.17) is 11.6 Å². The first kappa shape index (κ1) is 15.8. The van der Waals surface area contributed by atoms with Crippen LogP contribution in [-0.2, 0) is 0 Å². The smallest absolute Gasteiger partial charge is 0.406 e. The van der Waals surface area contributed by atoms with E-state index >= 15 is 0 Å². The van der Waals surface area contributed by atoms with E-state index in [1.165, 1.54) is 12.1 Å². The maximum Gasteiger partial charge on any atom is 0.573 e. The fourth-order valence-electron chi connectivity index (χ4n) is 1.49. The van der Waals surface area contributed by atoms with Gasteiger partial charge in [-0.1, -0.05) is 11.6 Å². The topological polar surface area (TPSA) is 90.2 Å². The molecule has 1 N–H and O–H groups in total. The Morgan fingerprint density at radius 2 is 1.86 bits per heavy atom. The maximum atomic E-state index is 12.0. The Morgan fingerprint density at radius 1 is 1.23 bits per heavy atom. The molecular formula is C11H6ClF3N4O3. The predicted molar refractivity (Wildman–Crippen MR) is 70.1 cm³/mol. The van der Waals surface area contributed by atoms with Crippen LogP contribution in [0.2, 0.25) is 5.15 Å². The Balaban J connectivity index is 2.22. The number of benzene rings is 1. The minimum atomic E-state index is -4.80. The Bertz CT molecular complexity index is 694. The van der Waals surface area contributed by atoms with Gasteiger partial charge in [0.15, 0.2) is 0 Å². The summed E-state index contributed by atoms with van der Waals surface area (Å²) in [5, 5.41) is 13.1. The number of hydrogen-bond donors (Lipinski definition) is 1. The van der Waals surface area contributed by atoms with E-state index in [0.29, 0.717) is 0 Å². The van der Waals surface area contributed by atoms with Gasteiger partial charge in [0.05, 0.1) is 4.92 Å². The lowest BCUT2D eigenvalue weighted by Gasteiger charge is -2.10. The van der Waals surface area contributed by atoms with E-state index in [1.807, 2.05) is 0 Å². The van der Waals surface area contributed by atoms with Crippen LogP contribution < -0.4 is 10.1 Å². The summed E-state index contributed by atoms with van der Waals surface area (Å²) in [5.74, 6) is -0.609. The van der Waals surface area contributed by atoms with Crippen LogP contribution >= 0.6 is 11.6 Å². The van der Waals surface area contributed by atoms with Crippen molar-refractivity contribution < 1.29 is 22.8 Å². The first-order valence-corrected chi connectivity index (χ1v) is 5.92. The van der Waals surface area contributed by atoms with E-state index in [-0.39, 0.29) is 16.7 Å². The Hall–Kier alpha value is -2.62. The molecule has 0 atom stereocenters. The molecule has 0 bridgehead atoms. The number of nitrogens with zero attached hydrogens (tertiary/aromatic N) is 3. The molecule has 0 aliphatic rings. The highest BCUT2D eigenvalue weighted by atomic mass is 35.5. The number of halogens is 4. The summed E-state index contributed by atoms with van der Waals surface area (Å²) in [4.78, 5) is 17.3. The molecule has 11 heteroatoms. The normalized spacial score (nSPS) is 11.1. The van der Waals surface area contributed by atoms with Gasteiger partial charge in [-0.05, 0) is 24.3 Å². The second-order valence-corrected chi connectivity index (χ2v) is 4.17. The molecule has 0 amide bonds. The average molecular weight is 335 g/mol. The highest BCUT2D eigenvalue weighted by Crippen LogP contribution is 2.31. The van der Waals surface area contributed by atoms with Gasteiger partial charge in [-0.3, -0.25) is 10.1 Å². The molecule has 116 valence electrons. The average Bonchev–Trinajstić information content (AvgIpc) is 2.39. The lowest BCUT2D eigenvalue weighted by molar-refractivity contribution is -0.384. The van der Waals surface area contributed by atoms with Crippen molar-refractivity contribution in [3.8, 4) is 5.75 Å². The molecular weight excluding hydrogens is 329 g/mol. The fourth-order valence-corrected chi connectivity index (χ4v) is 1.69. The van der Waals surface area contributed by atoms with Gasteiger partial charge in [0.2, 0.25) is 11.0 Å². The van der Waals surface area contributed by atoms with E-state index < -0.39 is 22.7 Å². The van der Waals surface area contributed by atoms with Crippen LogP contribution in [0.5, 0.6) is 5.75 Å². The predicted octanol–water partition coefficient (Wildman–Crippen LogP) is 3.68. The zero-order valence-electron chi connectivity index (χ0n) is 10.5. The second kappa shape index (κ2) is 6.02. The minimum absolute atomic E-state index is 0.186. The zero-order chi connectivity index (χ0) is 16.3. The number of aromatic nitrogens is 2. The summed E-state index contributed by atoms with van der Waals surface area (Å²) in [6, 6.07) is 4.57. The summed E-state index contributed by atoms with van der Waals surface area (Å²) < 4.78 is 39.8. The third-order valence-electron chi connectivity index (χ3n) is 2.31. The minimum Gasteiger partial charge on any atom is -0.406 e. The van der Waals surface area contributed by atoms with Crippen LogP contribution in [0, 0.1) is 10.1 Å². The van der Waals surface area contributed by atoms with Gasteiger partial charge < -0.3 is 10.1 Å². The number of nitro groups is 1. The molecule has 0 unspecified atom stereocenters. The fraction of sp³-hybridized carbons (Fsp3) is 0.0909. The van der Waals surface area contributed by atoms with Crippen molar-refractivity contribution in [1.29, 1.82) is 0 Å². The molecule has 0 fully saturated rings. The molecule has 2 rings (SSSR count). The van der Waals surface area contributed by atoms with Crippen molar-refractivity contribution in [2.45, 2.75) is 6.36 Å². The van der Waals surface area contributed by atoms with Gasteiger partial charge in [0.1, 0.15) is 12.1 Å². The molecule has 0 aliphatic heterocycles. The molecule has 1 aromatic heterocycles. The Labute approximate surface area is 125 Å². The van der Waals surface area contributed by atoms with Gasteiger partial charge >= 0.3 is 12.0 Å². The molecule has 0 saturated heterocycles. The first-order chi connectivity index (χ1) is 10.3.